The first kappa shape index (κ1) is 27.1. The van der Waals surface area contributed by atoms with Crippen LogP contribution in [0, 0.1) is 0 Å². The highest BCUT2D eigenvalue weighted by Gasteiger charge is 2.40. The Hall–Kier alpha value is -5.22. The van der Waals surface area contributed by atoms with Crippen molar-refractivity contribution in [3.05, 3.63) is 127 Å². The molecule has 1 aromatic heterocycles. The van der Waals surface area contributed by atoms with Crippen LogP contribution < -0.4 is 25.9 Å². The molecule has 1 unspecified atom stereocenters. The van der Waals surface area contributed by atoms with E-state index in [1.54, 1.807) is 0 Å². The molecule has 222 valence electrons. The molecule has 46 heavy (non-hydrogen) atoms. The average molecular weight is 597 g/mol. The molecule has 0 aliphatic carbocycles. The molecule has 1 atom stereocenters. The lowest BCUT2D eigenvalue weighted by molar-refractivity contribution is 0.461. The van der Waals surface area contributed by atoms with Crippen LogP contribution in [0.5, 0.6) is 23.0 Å². The van der Waals surface area contributed by atoms with Gasteiger partial charge in [0.05, 0.1) is 0 Å². The number of furan rings is 1. The number of fused-ring (bicyclic) bond motifs is 7. The van der Waals surface area contributed by atoms with Gasteiger partial charge in [-0.2, -0.15) is 0 Å². The molecule has 7 aromatic rings. The minimum atomic E-state index is 0.0404. The van der Waals surface area contributed by atoms with Gasteiger partial charge >= 0.3 is 0 Å². The van der Waals surface area contributed by atoms with E-state index in [-0.39, 0.29) is 6.71 Å². The Morgan fingerprint density at radius 1 is 0.565 bits per heavy atom. The smallest absolute Gasteiger partial charge is 0.260 e. The molecule has 0 saturated heterocycles. The van der Waals surface area contributed by atoms with Crippen LogP contribution in [-0.4, -0.2) is 6.71 Å². The highest BCUT2D eigenvalue weighted by molar-refractivity contribution is 6.98. The highest BCUT2D eigenvalue weighted by Crippen LogP contribution is 2.39. The second-order valence-electron chi connectivity index (χ2n) is 12.8. The number of hydrogen-bond donors (Lipinski definition) is 0. The van der Waals surface area contributed by atoms with Crippen molar-refractivity contribution < 1.29 is 13.9 Å². The van der Waals surface area contributed by atoms with Crippen molar-refractivity contribution in [2.45, 2.75) is 39.0 Å². The van der Waals surface area contributed by atoms with Crippen LogP contribution in [-0.2, 0) is 0 Å². The van der Waals surface area contributed by atoms with Crippen LogP contribution in [0.2, 0.25) is 0 Å². The van der Waals surface area contributed by atoms with Gasteiger partial charge in [0, 0.05) is 16.2 Å². The van der Waals surface area contributed by atoms with Crippen LogP contribution in [0.3, 0.4) is 0 Å². The summed E-state index contributed by atoms with van der Waals surface area (Å²) in [5, 5.41) is 2.28. The van der Waals surface area contributed by atoms with E-state index in [4.69, 9.17) is 13.9 Å². The Labute approximate surface area is 269 Å². The Bertz CT molecular complexity index is 2280. The van der Waals surface area contributed by atoms with E-state index >= 15 is 0 Å². The van der Waals surface area contributed by atoms with Crippen LogP contribution >= 0.6 is 0 Å². The third-order valence-corrected chi connectivity index (χ3v) is 9.87. The Morgan fingerprint density at radius 3 is 2.07 bits per heavy atom. The maximum absolute atomic E-state index is 6.70. The molecule has 9 rings (SSSR count). The number of unbranched alkanes of at least 4 members (excludes halogenated alkanes) is 1. The van der Waals surface area contributed by atoms with E-state index in [2.05, 4.69) is 123 Å². The van der Waals surface area contributed by atoms with Gasteiger partial charge < -0.3 is 13.9 Å². The van der Waals surface area contributed by atoms with E-state index in [9.17, 15) is 0 Å². The summed E-state index contributed by atoms with van der Waals surface area (Å²) < 4.78 is 19.4. The molecule has 4 heteroatoms. The summed E-state index contributed by atoms with van der Waals surface area (Å²) >= 11 is 0. The first-order chi connectivity index (χ1) is 22.6. The average Bonchev–Trinajstić information content (AvgIpc) is 3.48. The number of benzene rings is 6. The first-order valence-electron chi connectivity index (χ1n) is 16.4. The van der Waals surface area contributed by atoms with Gasteiger partial charge in [-0.3, -0.25) is 0 Å². The molecule has 0 amide bonds. The molecular formula is C42H33BO3. The maximum atomic E-state index is 6.70. The van der Waals surface area contributed by atoms with Crippen molar-refractivity contribution in [3.63, 3.8) is 0 Å². The zero-order chi connectivity index (χ0) is 30.8. The zero-order valence-corrected chi connectivity index (χ0v) is 26.0. The molecule has 3 nitrogen and oxygen atoms in total. The predicted octanol–water partition coefficient (Wildman–Crippen LogP) is 9.94. The van der Waals surface area contributed by atoms with Crippen LogP contribution in [0.25, 0.3) is 44.2 Å². The van der Waals surface area contributed by atoms with Gasteiger partial charge in [0.1, 0.15) is 34.2 Å². The largest absolute Gasteiger partial charge is 0.458 e. The second-order valence-corrected chi connectivity index (χ2v) is 12.8. The molecule has 2 aliphatic rings. The summed E-state index contributed by atoms with van der Waals surface area (Å²) in [4.78, 5) is 0. The highest BCUT2D eigenvalue weighted by atomic mass is 16.5. The minimum Gasteiger partial charge on any atom is -0.458 e. The van der Waals surface area contributed by atoms with Gasteiger partial charge in [0.15, 0.2) is 0 Å². The summed E-state index contributed by atoms with van der Waals surface area (Å²) in [6.07, 6.45) is 3.56. The molecule has 2 aliphatic heterocycles. The van der Waals surface area contributed by atoms with Gasteiger partial charge in [0.25, 0.3) is 6.71 Å². The Balaban J connectivity index is 1.13. The third-order valence-electron chi connectivity index (χ3n) is 9.87. The molecule has 0 bridgehead atoms. The van der Waals surface area contributed by atoms with Crippen molar-refractivity contribution >= 4 is 45.0 Å². The van der Waals surface area contributed by atoms with Crippen molar-refractivity contribution in [2.75, 3.05) is 0 Å². The summed E-state index contributed by atoms with van der Waals surface area (Å²) in [5.74, 6) is 4.11. The van der Waals surface area contributed by atoms with Crippen LogP contribution in [0.1, 0.15) is 44.6 Å². The van der Waals surface area contributed by atoms with Crippen LogP contribution in [0.15, 0.2) is 126 Å². The third kappa shape index (κ3) is 4.35. The van der Waals surface area contributed by atoms with Gasteiger partial charge in [0.2, 0.25) is 0 Å². The topological polar surface area (TPSA) is 31.6 Å². The standard InChI is InChI=1S/C42H33BO3/c1-3-4-10-26(2)31-24-40-42-41(25-31)46-39-20-18-30(23-35(39)43(42)34-14-6-8-16-38(34)45-40)28-12-9-11-27(21-28)29-17-19-37-33(22-29)32-13-5-7-15-36(32)44-37/h5-9,11-26H,3-4,10H2,1-2H3. The number of hydrogen-bond acceptors (Lipinski definition) is 3. The van der Waals surface area contributed by atoms with Gasteiger partial charge in [-0.15, -0.1) is 0 Å². The number of para-hydroxylation sites is 2. The first-order valence-corrected chi connectivity index (χ1v) is 16.4. The lowest BCUT2D eigenvalue weighted by atomic mass is 9.34. The zero-order valence-electron chi connectivity index (χ0n) is 26.0. The van der Waals surface area contributed by atoms with Gasteiger partial charge in [-0.05, 0) is 99.6 Å². The monoisotopic (exact) mass is 596 g/mol. The van der Waals surface area contributed by atoms with E-state index in [0.717, 1.165) is 62.4 Å². The molecule has 6 aromatic carbocycles. The van der Waals surface area contributed by atoms with E-state index in [0.29, 0.717) is 5.92 Å². The van der Waals surface area contributed by atoms with E-state index < -0.39 is 0 Å². The lowest BCUT2D eigenvalue weighted by Gasteiger charge is -2.34. The van der Waals surface area contributed by atoms with Gasteiger partial charge in [-0.1, -0.05) is 99.5 Å². The Kier molecular flexibility index (Phi) is 6.31. The minimum absolute atomic E-state index is 0.0404. The van der Waals surface area contributed by atoms with E-state index in [1.165, 1.54) is 46.0 Å². The van der Waals surface area contributed by atoms with E-state index in [1.807, 2.05) is 12.1 Å². The van der Waals surface area contributed by atoms with Crippen molar-refractivity contribution in [1.82, 2.24) is 0 Å². The second kappa shape index (κ2) is 10.7. The Morgan fingerprint density at radius 2 is 1.24 bits per heavy atom. The van der Waals surface area contributed by atoms with Crippen LogP contribution in [0.4, 0.5) is 0 Å². The fraction of sp³-hybridized carbons (Fsp3) is 0.143. The number of rotatable bonds is 6. The molecule has 3 heterocycles. The van der Waals surface area contributed by atoms with Gasteiger partial charge in [-0.25, -0.2) is 0 Å². The van der Waals surface area contributed by atoms with Crippen molar-refractivity contribution in [3.8, 4) is 45.3 Å². The molecule has 0 spiro atoms. The van der Waals surface area contributed by atoms with Crippen molar-refractivity contribution in [1.29, 1.82) is 0 Å². The molecule has 0 saturated carbocycles. The molecule has 0 fully saturated rings. The van der Waals surface area contributed by atoms with Crippen molar-refractivity contribution in [2.24, 2.45) is 0 Å². The SMILES string of the molecule is CCCCC(C)c1cc2c3c(c1)Oc1ccc(-c4cccc(-c5ccc6oc7ccccc7c6c5)c4)cc1B3c1ccccc1O2. The quantitative estimate of drug-likeness (QED) is 0.179. The fourth-order valence-corrected chi connectivity index (χ4v) is 7.39. The molecular weight excluding hydrogens is 563 g/mol. The number of ether oxygens (including phenoxy) is 2. The molecule has 0 radical (unpaired) electrons. The summed E-state index contributed by atoms with van der Waals surface area (Å²) in [5.41, 5.74) is 11.3. The maximum Gasteiger partial charge on any atom is 0.260 e. The summed E-state index contributed by atoms with van der Waals surface area (Å²) in [7, 11) is 0. The summed E-state index contributed by atoms with van der Waals surface area (Å²) in [6, 6.07) is 43.2. The molecule has 0 N–H and O–H groups in total. The fourth-order valence-electron chi connectivity index (χ4n) is 7.39. The normalized spacial score (nSPS) is 13.5. The summed E-state index contributed by atoms with van der Waals surface area (Å²) in [6.45, 7) is 4.60. The lowest BCUT2D eigenvalue weighted by Crippen LogP contribution is -2.57. The predicted molar refractivity (Wildman–Crippen MR) is 190 cm³/mol.